The molecule has 1 atom stereocenters. The Balaban J connectivity index is 2.77. The van der Waals surface area contributed by atoms with Crippen LogP contribution in [0.1, 0.15) is 13.8 Å². The molecule has 0 aliphatic heterocycles. The van der Waals surface area contributed by atoms with E-state index in [-0.39, 0.29) is 17.3 Å². The summed E-state index contributed by atoms with van der Waals surface area (Å²) in [5, 5.41) is 13.4. The molecule has 20 heavy (non-hydrogen) atoms. The van der Waals surface area contributed by atoms with Crippen LogP contribution in [0, 0.1) is 10.1 Å². The molecule has 1 N–H and O–H groups in total. The van der Waals surface area contributed by atoms with E-state index in [2.05, 4.69) is 5.32 Å². The van der Waals surface area contributed by atoms with Crippen LogP contribution in [0.2, 0.25) is 0 Å². The third-order valence-corrected chi connectivity index (χ3v) is 4.94. The SMILES string of the molecule is CC[S+]([O-])CCSc1ccc(NC(C)=O)c([N+](=O)[O-])c1. The van der Waals surface area contributed by atoms with Crippen LogP contribution in [0.15, 0.2) is 23.1 Å². The van der Waals surface area contributed by atoms with Gasteiger partial charge in [-0.25, -0.2) is 0 Å². The molecule has 0 heterocycles. The lowest BCUT2D eigenvalue weighted by atomic mass is 10.2. The van der Waals surface area contributed by atoms with Gasteiger partial charge in [-0.3, -0.25) is 14.9 Å². The van der Waals surface area contributed by atoms with Gasteiger partial charge in [-0.15, -0.1) is 11.8 Å². The number of thioether (sulfide) groups is 1. The predicted molar refractivity (Wildman–Crippen MR) is 81.7 cm³/mol. The summed E-state index contributed by atoms with van der Waals surface area (Å²) in [6.07, 6.45) is 0. The van der Waals surface area contributed by atoms with Gasteiger partial charge < -0.3 is 9.87 Å². The molecule has 8 heteroatoms. The molecule has 1 amide bonds. The van der Waals surface area contributed by atoms with Gasteiger partial charge in [0.05, 0.1) is 4.92 Å². The van der Waals surface area contributed by atoms with Gasteiger partial charge in [-0.05, 0) is 19.1 Å². The van der Waals surface area contributed by atoms with Crippen molar-refractivity contribution in [3.05, 3.63) is 28.3 Å². The van der Waals surface area contributed by atoms with Crippen LogP contribution in [0.5, 0.6) is 0 Å². The number of benzene rings is 1. The van der Waals surface area contributed by atoms with E-state index in [4.69, 9.17) is 0 Å². The van der Waals surface area contributed by atoms with Crippen LogP contribution in [-0.2, 0) is 16.0 Å². The first-order valence-electron chi connectivity index (χ1n) is 5.97. The second-order valence-electron chi connectivity index (χ2n) is 3.90. The van der Waals surface area contributed by atoms with E-state index < -0.39 is 16.1 Å². The Bertz CT molecular complexity index is 496. The maximum Gasteiger partial charge on any atom is 0.293 e. The molecule has 0 fully saturated rings. The fourth-order valence-electron chi connectivity index (χ4n) is 1.44. The van der Waals surface area contributed by atoms with Crippen LogP contribution in [0.3, 0.4) is 0 Å². The normalized spacial score (nSPS) is 11.9. The third-order valence-electron chi connectivity index (χ3n) is 2.38. The van der Waals surface area contributed by atoms with Crippen molar-refractivity contribution >= 4 is 40.2 Å². The maximum atomic E-state index is 11.3. The highest BCUT2D eigenvalue weighted by molar-refractivity contribution is 8.00. The molecule has 110 valence electrons. The summed E-state index contributed by atoms with van der Waals surface area (Å²) < 4.78 is 11.3. The molecule has 1 aromatic rings. The summed E-state index contributed by atoms with van der Waals surface area (Å²) in [6, 6.07) is 4.64. The Morgan fingerprint density at radius 3 is 2.75 bits per heavy atom. The molecule has 0 saturated heterocycles. The van der Waals surface area contributed by atoms with Crippen molar-refractivity contribution in [3.8, 4) is 0 Å². The van der Waals surface area contributed by atoms with Crippen molar-refractivity contribution in [2.45, 2.75) is 18.7 Å². The zero-order valence-corrected chi connectivity index (χ0v) is 12.9. The lowest BCUT2D eigenvalue weighted by Gasteiger charge is -2.08. The number of nitrogens with one attached hydrogen (secondary N) is 1. The molecule has 0 aliphatic rings. The number of rotatable bonds is 7. The largest absolute Gasteiger partial charge is 0.616 e. The van der Waals surface area contributed by atoms with E-state index in [9.17, 15) is 19.5 Å². The highest BCUT2D eigenvalue weighted by atomic mass is 32.2. The molecule has 1 aromatic carbocycles. The average Bonchev–Trinajstić information content (AvgIpc) is 2.39. The van der Waals surface area contributed by atoms with Crippen molar-refractivity contribution in [2.24, 2.45) is 0 Å². The summed E-state index contributed by atoms with van der Waals surface area (Å²) in [5.41, 5.74) is 0.0470. The summed E-state index contributed by atoms with van der Waals surface area (Å²) >= 11 is 0.574. The Kier molecular flexibility index (Phi) is 6.83. The highest BCUT2D eigenvalue weighted by Crippen LogP contribution is 2.30. The number of hydrogen-bond acceptors (Lipinski definition) is 5. The van der Waals surface area contributed by atoms with Crippen LogP contribution in [0.4, 0.5) is 11.4 Å². The number of nitro benzene ring substituents is 1. The van der Waals surface area contributed by atoms with Gasteiger partial charge in [0.25, 0.3) is 5.69 Å². The monoisotopic (exact) mass is 316 g/mol. The van der Waals surface area contributed by atoms with E-state index in [1.807, 2.05) is 6.92 Å². The molecule has 0 radical (unpaired) electrons. The van der Waals surface area contributed by atoms with E-state index in [0.29, 0.717) is 17.3 Å². The van der Waals surface area contributed by atoms with Crippen molar-refractivity contribution in [1.29, 1.82) is 0 Å². The second-order valence-corrected chi connectivity index (χ2v) is 6.93. The standard InChI is InChI=1S/C12H16N2O4S2/c1-3-20(18)7-6-19-10-4-5-11(13-9(2)15)12(8-10)14(16)17/h4-5,8H,3,6-7H2,1-2H3,(H,13,15). The van der Waals surface area contributed by atoms with Crippen molar-refractivity contribution in [1.82, 2.24) is 0 Å². The lowest BCUT2D eigenvalue weighted by Crippen LogP contribution is -2.10. The summed E-state index contributed by atoms with van der Waals surface area (Å²) in [5.74, 6) is 1.45. The van der Waals surface area contributed by atoms with Gasteiger partial charge in [-0.1, -0.05) is 11.2 Å². The number of hydrogen-bond donors (Lipinski definition) is 1. The minimum absolute atomic E-state index is 0.137. The number of carbonyl (C=O) groups excluding carboxylic acids is 1. The average molecular weight is 316 g/mol. The number of anilines is 1. The molecule has 0 aromatic heterocycles. The number of nitrogens with zero attached hydrogens (tertiary/aromatic N) is 1. The number of amides is 1. The van der Waals surface area contributed by atoms with Gasteiger partial charge in [0, 0.05) is 23.6 Å². The minimum Gasteiger partial charge on any atom is -0.616 e. The molecule has 0 bridgehead atoms. The quantitative estimate of drug-likeness (QED) is 0.361. The molecular formula is C12H16N2O4S2. The van der Waals surface area contributed by atoms with Crippen LogP contribution < -0.4 is 5.32 Å². The van der Waals surface area contributed by atoms with Crippen LogP contribution in [0.25, 0.3) is 0 Å². The lowest BCUT2D eigenvalue weighted by molar-refractivity contribution is -0.384. The van der Waals surface area contributed by atoms with Crippen LogP contribution in [-0.4, -0.2) is 32.6 Å². The number of carbonyl (C=O) groups is 1. The second kappa shape index (κ2) is 8.13. The molecule has 1 unspecified atom stereocenters. The van der Waals surface area contributed by atoms with E-state index in [0.717, 1.165) is 4.90 Å². The molecule has 1 rings (SSSR count). The first-order valence-corrected chi connectivity index (χ1v) is 8.45. The molecule has 0 aliphatic carbocycles. The van der Waals surface area contributed by atoms with Gasteiger partial charge in [0.15, 0.2) is 0 Å². The predicted octanol–water partition coefficient (Wildman–Crippen LogP) is 2.41. The third kappa shape index (κ3) is 5.40. The van der Waals surface area contributed by atoms with Gasteiger partial charge in [0.2, 0.25) is 5.91 Å². The first kappa shape index (κ1) is 16.8. The Morgan fingerprint density at radius 2 is 2.20 bits per heavy atom. The van der Waals surface area contributed by atoms with Crippen molar-refractivity contribution < 1.29 is 14.3 Å². The molecule has 0 spiro atoms. The maximum absolute atomic E-state index is 11.3. The van der Waals surface area contributed by atoms with E-state index >= 15 is 0 Å². The van der Waals surface area contributed by atoms with E-state index in [1.165, 1.54) is 30.8 Å². The highest BCUT2D eigenvalue weighted by Gasteiger charge is 2.16. The Labute approximate surface area is 124 Å². The molecule has 0 saturated carbocycles. The molecule has 6 nitrogen and oxygen atoms in total. The smallest absolute Gasteiger partial charge is 0.293 e. The van der Waals surface area contributed by atoms with Crippen LogP contribution >= 0.6 is 11.8 Å². The van der Waals surface area contributed by atoms with Gasteiger partial charge in [0.1, 0.15) is 17.2 Å². The fraction of sp³-hybridized carbons (Fsp3) is 0.417. The topological polar surface area (TPSA) is 95.3 Å². The fourth-order valence-corrected chi connectivity index (χ4v) is 3.40. The van der Waals surface area contributed by atoms with E-state index in [1.54, 1.807) is 6.07 Å². The summed E-state index contributed by atoms with van der Waals surface area (Å²) in [6.45, 7) is 3.15. The number of nitro groups is 1. The van der Waals surface area contributed by atoms with Crippen molar-refractivity contribution in [3.63, 3.8) is 0 Å². The summed E-state index contributed by atoms with van der Waals surface area (Å²) in [4.78, 5) is 22.2. The van der Waals surface area contributed by atoms with Gasteiger partial charge >= 0.3 is 0 Å². The zero-order chi connectivity index (χ0) is 15.1. The summed E-state index contributed by atoms with van der Waals surface area (Å²) in [7, 11) is 0. The van der Waals surface area contributed by atoms with Crippen molar-refractivity contribution in [2.75, 3.05) is 22.6 Å². The zero-order valence-electron chi connectivity index (χ0n) is 11.3. The van der Waals surface area contributed by atoms with Gasteiger partial charge in [-0.2, -0.15) is 0 Å². The first-order chi connectivity index (χ1) is 9.43. The Hall–Kier alpha value is -1.25. The minimum atomic E-state index is -0.839. The Morgan fingerprint density at radius 1 is 1.50 bits per heavy atom. The molecular weight excluding hydrogens is 300 g/mol.